The van der Waals surface area contributed by atoms with E-state index in [1.807, 2.05) is 4.90 Å². The third-order valence-electron chi connectivity index (χ3n) is 10.6. The molecule has 4 aliphatic carbocycles. The Morgan fingerprint density at radius 3 is 2.40 bits per heavy atom. The van der Waals surface area contributed by atoms with Crippen LogP contribution in [-0.4, -0.2) is 69.2 Å². The number of aliphatic hydroxyl groups is 4. The lowest BCUT2D eigenvalue weighted by Gasteiger charge is -2.56. The predicted octanol–water partition coefficient (Wildman–Crippen LogP) is 4.72. The summed E-state index contributed by atoms with van der Waals surface area (Å²) in [6.07, 6.45) is 4.22. The van der Waals surface area contributed by atoms with E-state index in [2.05, 4.69) is 30.7 Å². The molecule has 0 amide bonds. The molecule has 3 fully saturated rings. The smallest absolute Gasteiger partial charge is 0.406 e. The van der Waals surface area contributed by atoms with E-state index in [4.69, 9.17) is 0 Å². The van der Waals surface area contributed by atoms with Crippen molar-refractivity contribution < 1.29 is 38.3 Å². The van der Waals surface area contributed by atoms with Gasteiger partial charge in [-0.15, -0.1) is 13.2 Å². The molecule has 0 unspecified atom stereocenters. The summed E-state index contributed by atoms with van der Waals surface area (Å²) in [4.78, 5) is 1.90. The topological polar surface area (TPSA) is 93.4 Å². The van der Waals surface area contributed by atoms with E-state index in [0.717, 1.165) is 38.5 Å². The number of allylic oxidation sites excluding steroid dienone is 3. The zero-order valence-corrected chi connectivity index (χ0v) is 23.3. The first-order chi connectivity index (χ1) is 18.8. The third-order valence-corrected chi connectivity index (χ3v) is 10.6. The highest BCUT2D eigenvalue weighted by molar-refractivity contribution is 5.39. The van der Waals surface area contributed by atoms with E-state index in [1.165, 1.54) is 23.3 Å². The number of nitrogens with zero attached hydrogens (tertiary/aromatic N) is 1. The molecule has 1 aromatic carbocycles. The summed E-state index contributed by atoms with van der Waals surface area (Å²) in [6, 6.07) is 5.61. The molecule has 0 spiro atoms. The van der Waals surface area contributed by atoms with Gasteiger partial charge in [0.25, 0.3) is 0 Å². The van der Waals surface area contributed by atoms with Crippen LogP contribution in [0.15, 0.2) is 47.6 Å². The van der Waals surface area contributed by atoms with Gasteiger partial charge in [0.1, 0.15) is 5.75 Å². The molecule has 222 valence electrons. The summed E-state index contributed by atoms with van der Waals surface area (Å²) in [5.41, 5.74) is 2.10. The molecule has 1 aromatic rings. The Morgan fingerprint density at radius 1 is 1.02 bits per heavy atom. The van der Waals surface area contributed by atoms with Crippen molar-refractivity contribution in [2.45, 2.75) is 89.5 Å². The van der Waals surface area contributed by atoms with E-state index in [1.54, 1.807) is 12.1 Å². The van der Waals surface area contributed by atoms with Crippen molar-refractivity contribution in [3.63, 3.8) is 0 Å². The van der Waals surface area contributed by atoms with E-state index in [0.29, 0.717) is 24.4 Å². The fourth-order valence-corrected chi connectivity index (χ4v) is 8.32. The summed E-state index contributed by atoms with van der Waals surface area (Å²) in [7, 11) is 0. The van der Waals surface area contributed by atoms with Gasteiger partial charge in [-0.3, -0.25) is 4.90 Å². The van der Waals surface area contributed by atoms with Crippen molar-refractivity contribution in [1.82, 2.24) is 4.90 Å². The molecule has 0 heterocycles. The Balaban J connectivity index is 1.36. The number of ether oxygens (including phenoxy) is 1. The van der Waals surface area contributed by atoms with Gasteiger partial charge < -0.3 is 25.2 Å². The van der Waals surface area contributed by atoms with Crippen molar-refractivity contribution in [3.05, 3.63) is 53.1 Å². The lowest BCUT2D eigenvalue weighted by Crippen LogP contribution is -2.56. The predicted molar refractivity (Wildman–Crippen MR) is 144 cm³/mol. The second kappa shape index (κ2) is 10.7. The van der Waals surface area contributed by atoms with Gasteiger partial charge in [0, 0.05) is 25.0 Å². The summed E-state index contributed by atoms with van der Waals surface area (Å²) in [5, 5.41) is 42.4. The normalized spacial score (nSPS) is 36.3. The average molecular weight is 566 g/mol. The highest BCUT2D eigenvalue weighted by atomic mass is 19.4. The Kier molecular flexibility index (Phi) is 7.94. The maximum atomic E-state index is 12.6. The van der Waals surface area contributed by atoms with Crippen molar-refractivity contribution >= 4 is 0 Å². The number of alkyl halides is 3. The van der Waals surface area contributed by atoms with Gasteiger partial charge in [-0.25, -0.2) is 0 Å². The molecule has 40 heavy (non-hydrogen) atoms. The standard InChI is InChI=1S/C31H42F3NO5/c1-28-12-9-22(37)15-21(28)5-8-25-26(28)10-13-29(2)27(25)11-14-30(29,39)19-35(17-23(38)18-36)16-20-3-6-24(7-4-20)40-31(32,33)34/h3-8,22-23,26-27,36-39H,9-19H2,1-2H3/t22-,23-,26-,27-,28-,29-,30+/m0/s1. The minimum atomic E-state index is -4.77. The van der Waals surface area contributed by atoms with Crippen molar-refractivity contribution in [1.29, 1.82) is 0 Å². The quantitative estimate of drug-likeness (QED) is 0.365. The molecular formula is C31H42F3NO5. The lowest BCUT2D eigenvalue weighted by atomic mass is 9.50. The molecule has 7 atom stereocenters. The molecule has 0 radical (unpaired) electrons. The Bertz CT molecular complexity index is 1140. The fraction of sp³-hybridized carbons (Fsp3) is 0.677. The van der Waals surface area contributed by atoms with E-state index < -0.39 is 24.7 Å². The van der Waals surface area contributed by atoms with Gasteiger partial charge >= 0.3 is 6.36 Å². The highest BCUT2D eigenvalue weighted by Gasteiger charge is 2.62. The maximum absolute atomic E-state index is 12.6. The Morgan fingerprint density at radius 2 is 1.73 bits per heavy atom. The summed E-state index contributed by atoms with van der Waals surface area (Å²) >= 11 is 0. The monoisotopic (exact) mass is 565 g/mol. The molecule has 4 N–H and O–H groups in total. The lowest BCUT2D eigenvalue weighted by molar-refractivity contribution is -0.274. The van der Waals surface area contributed by atoms with Crippen LogP contribution < -0.4 is 4.74 Å². The molecule has 5 rings (SSSR count). The van der Waals surface area contributed by atoms with Crippen LogP contribution in [0, 0.1) is 22.7 Å². The van der Waals surface area contributed by atoms with Gasteiger partial charge in [0.15, 0.2) is 0 Å². The minimum absolute atomic E-state index is 0.0462. The van der Waals surface area contributed by atoms with Crippen LogP contribution in [0.25, 0.3) is 0 Å². The number of fused-ring (bicyclic) bond motifs is 5. The van der Waals surface area contributed by atoms with Gasteiger partial charge in [0.2, 0.25) is 0 Å². The Labute approximate surface area is 234 Å². The molecule has 0 saturated heterocycles. The van der Waals surface area contributed by atoms with Crippen LogP contribution in [0.1, 0.15) is 64.4 Å². The first kappa shape index (κ1) is 29.6. The van der Waals surface area contributed by atoms with Gasteiger partial charge in [-0.2, -0.15) is 0 Å². The van der Waals surface area contributed by atoms with Crippen LogP contribution in [-0.2, 0) is 6.54 Å². The Hall–Kier alpha value is -1.91. The van der Waals surface area contributed by atoms with Crippen molar-refractivity contribution in [2.24, 2.45) is 22.7 Å². The summed E-state index contributed by atoms with van der Waals surface area (Å²) in [6.45, 7) is 4.79. The number of halogens is 3. The van der Waals surface area contributed by atoms with Crippen LogP contribution >= 0.6 is 0 Å². The van der Waals surface area contributed by atoms with Crippen molar-refractivity contribution in [3.8, 4) is 5.75 Å². The zero-order chi connectivity index (χ0) is 28.9. The highest BCUT2D eigenvalue weighted by Crippen LogP contribution is 2.66. The molecule has 3 saturated carbocycles. The van der Waals surface area contributed by atoms with Gasteiger partial charge in [0.05, 0.1) is 24.4 Å². The van der Waals surface area contributed by atoms with Crippen LogP contribution in [0.2, 0.25) is 0 Å². The molecule has 0 bridgehead atoms. The first-order valence-electron chi connectivity index (χ1n) is 14.4. The number of benzene rings is 1. The van der Waals surface area contributed by atoms with Gasteiger partial charge in [-0.1, -0.05) is 49.3 Å². The average Bonchev–Trinajstić information content (AvgIpc) is 3.14. The SMILES string of the molecule is C[C@]12CC[C@H](O)CC1=CC=C1[C@@H]2CC[C@@]2(C)[C@H]1CC[C@@]2(O)CN(Cc1ccc(OC(F)(F)F)cc1)C[C@H](O)CO. The van der Waals surface area contributed by atoms with E-state index in [9.17, 15) is 33.6 Å². The molecule has 0 aliphatic heterocycles. The fourth-order valence-electron chi connectivity index (χ4n) is 8.32. The van der Waals surface area contributed by atoms with E-state index >= 15 is 0 Å². The first-order valence-corrected chi connectivity index (χ1v) is 14.4. The van der Waals surface area contributed by atoms with E-state index in [-0.39, 0.29) is 41.7 Å². The van der Waals surface area contributed by atoms with Crippen LogP contribution in [0.5, 0.6) is 5.75 Å². The van der Waals surface area contributed by atoms with Crippen LogP contribution in [0.3, 0.4) is 0 Å². The molecule has 0 aromatic heterocycles. The number of hydrogen-bond donors (Lipinski definition) is 4. The molecule has 9 heteroatoms. The third kappa shape index (κ3) is 5.48. The minimum Gasteiger partial charge on any atom is -0.406 e. The van der Waals surface area contributed by atoms with Gasteiger partial charge in [-0.05, 0) is 79.9 Å². The number of hydrogen-bond acceptors (Lipinski definition) is 6. The number of aliphatic hydroxyl groups excluding tert-OH is 3. The van der Waals surface area contributed by atoms with Crippen LogP contribution in [0.4, 0.5) is 13.2 Å². The number of rotatable bonds is 8. The molecule has 4 aliphatic rings. The largest absolute Gasteiger partial charge is 0.573 e. The zero-order valence-electron chi connectivity index (χ0n) is 23.3. The molecular weight excluding hydrogens is 523 g/mol. The van der Waals surface area contributed by atoms with Crippen molar-refractivity contribution in [2.75, 3.05) is 19.7 Å². The summed E-state index contributed by atoms with van der Waals surface area (Å²) < 4.78 is 41.7. The molecule has 6 nitrogen and oxygen atoms in total. The maximum Gasteiger partial charge on any atom is 0.573 e. The second-order valence-corrected chi connectivity index (χ2v) is 13.0. The summed E-state index contributed by atoms with van der Waals surface area (Å²) in [5.74, 6) is 0.324. The second-order valence-electron chi connectivity index (χ2n) is 13.0.